The second-order valence-electron chi connectivity index (χ2n) is 4.49. The van der Waals surface area contributed by atoms with Crippen molar-refractivity contribution in [2.45, 2.75) is 6.42 Å². The highest BCUT2D eigenvalue weighted by Gasteiger charge is 2.06. The van der Waals surface area contributed by atoms with Crippen LogP contribution < -0.4 is 4.90 Å². The minimum absolute atomic E-state index is 0.579. The summed E-state index contributed by atoms with van der Waals surface area (Å²) in [7, 11) is 0. The molecular formula is C17H17N3. The van der Waals surface area contributed by atoms with E-state index in [1.165, 1.54) is 5.56 Å². The third kappa shape index (κ3) is 3.69. The summed E-state index contributed by atoms with van der Waals surface area (Å²) >= 11 is 0. The van der Waals surface area contributed by atoms with E-state index in [1.54, 1.807) is 12.3 Å². The van der Waals surface area contributed by atoms with Crippen LogP contribution in [0.15, 0.2) is 61.3 Å². The first-order chi connectivity index (χ1) is 9.83. The Morgan fingerprint density at radius 3 is 2.60 bits per heavy atom. The van der Waals surface area contributed by atoms with E-state index in [1.807, 2.05) is 30.3 Å². The van der Waals surface area contributed by atoms with Crippen LogP contribution in [0.3, 0.4) is 0 Å². The lowest BCUT2D eigenvalue weighted by Crippen LogP contribution is -2.26. The van der Waals surface area contributed by atoms with E-state index in [0.717, 1.165) is 25.3 Å². The molecule has 0 atom stereocenters. The molecule has 0 unspecified atom stereocenters. The molecule has 2 aromatic rings. The van der Waals surface area contributed by atoms with Crippen molar-refractivity contribution in [2.24, 2.45) is 0 Å². The number of hydrogen-bond donors (Lipinski definition) is 0. The minimum Gasteiger partial charge on any atom is -0.353 e. The summed E-state index contributed by atoms with van der Waals surface area (Å²) in [6.07, 6.45) is 4.43. The van der Waals surface area contributed by atoms with Crippen LogP contribution in [-0.2, 0) is 6.42 Å². The van der Waals surface area contributed by atoms with Crippen molar-refractivity contribution >= 4 is 5.82 Å². The quantitative estimate of drug-likeness (QED) is 0.751. The van der Waals surface area contributed by atoms with Gasteiger partial charge in [-0.15, -0.1) is 6.58 Å². The fraction of sp³-hybridized carbons (Fsp3) is 0.176. The zero-order chi connectivity index (χ0) is 14.2. The third-order valence-electron chi connectivity index (χ3n) is 3.06. The summed E-state index contributed by atoms with van der Waals surface area (Å²) in [5, 5.41) is 8.80. The van der Waals surface area contributed by atoms with Gasteiger partial charge in [0.25, 0.3) is 0 Å². The highest BCUT2D eigenvalue weighted by Crippen LogP contribution is 2.12. The molecule has 3 heteroatoms. The number of hydrogen-bond acceptors (Lipinski definition) is 3. The summed E-state index contributed by atoms with van der Waals surface area (Å²) < 4.78 is 0. The molecule has 0 saturated carbocycles. The lowest BCUT2D eigenvalue weighted by Gasteiger charge is -2.22. The SMILES string of the molecule is C=CCN(CCc1ccccc1)c1ccc(C#N)cn1. The molecule has 0 amide bonds. The van der Waals surface area contributed by atoms with Gasteiger partial charge in [-0.25, -0.2) is 4.98 Å². The second-order valence-corrected chi connectivity index (χ2v) is 4.49. The van der Waals surface area contributed by atoms with Crippen LogP contribution in [0.1, 0.15) is 11.1 Å². The Bertz CT molecular complexity index is 582. The van der Waals surface area contributed by atoms with Crippen LogP contribution in [0, 0.1) is 11.3 Å². The lowest BCUT2D eigenvalue weighted by molar-refractivity contribution is 0.820. The number of rotatable bonds is 6. The lowest BCUT2D eigenvalue weighted by atomic mass is 10.1. The molecule has 2 rings (SSSR count). The van der Waals surface area contributed by atoms with Gasteiger partial charge in [-0.3, -0.25) is 0 Å². The fourth-order valence-corrected chi connectivity index (χ4v) is 2.00. The Hall–Kier alpha value is -2.60. The summed E-state index contributed by atoms with van der Waals surface area (Å²) in [6, 6.07) is 16.1. The van der Waals surface area contributed by atoms with Crippen LogP contribution in [-0.4, -0.2) is 18.1 Å². The molecule has 0 aliphatic rings. The monoisotopic (exact) mass is 263 g/mol. The van der Waals surface area contributed by atoms with Gasteiger partial charge in [0.2, 0.25) is 0 Å². The van der Waals surface area contributed by atoms with Gasteiger partial charge >= 0.3 is 0 Å². The molecular weight excluding hydrogens is 246 g/mol. The zero-order valence-electron chi connectivity index (χ0n) is 11.4. The molecule has 1 heterocycles. The Kier molecular flexibility index (Phi) is 4.91. The maximum absolute atomic E-state index is 8.80. The summed E-state index contributed by atoms with van der Waals surface area (Å²) in [4.78, 5) is 6.49. The maximum atomic E-state index is 8.80. The number of benzene rings is 1. The topological polar surface area (TPSA) is 39.9 Å². The molecule has 0 saturated heterocycles. The van der Waals surface area contributed by atoms with Crippen molar-refractivity contribution in [3.63, 3.8) is 0 Å². The average Bonchev–Trinajstić information content (AvgIpc) is 2.52. The summed E-state index contributed by atoms with van der Waals surface area (Å²) in [5.74, 6) is 0.875. The highest BCUT2D eigenvalue weighted by molar-refractivity contribution is 5.42. The molecule has 3 nitrogen and oxygen atoms in total. The van der Waals surface area contributed by atoms with Crippen molar-refractivity contribution < 1.29 is 0 Å². The van der Waals surface area contributed by atoms with E-state index in [4.69, 9.17) is 5.26 Å². The van der Waals surface area contributed by atoms with Crippen molar-refractivity contribution in [3.8, 4) is 6.07 Å². The van der Waals surface area contributed by atoms with Gasteiger partial charge in [-0.05, 0) is 24.1 Å². The van der Waals surface area contributed by atoms with Crippen LogP contribution in [0.25, 0.3) is 0 Å². The largest absolute Gasteiger partial charge is 0.353 e. The van der Waals surface area contributed by atoms with Gasteiger partial charge in [0.1, 0.15) is 11.9 Å². The van der Waals surface area contributed by atoms with Gasteiger partial charge in [-0.2, -0.15) is 5.26 Å². The van der Waals surface area contributed by atoms with Gasteiger partial charge in [0.15, 0.2) is 0 Å². The Labute approximate surface area is 119 Å². The normalized spacial score (nSPS) is 9.75. The molecule has 0 bridgehead atoms. The number of nitriles is 1. The van der Waals surface area contributed by atoms with Crippen LogP contribution in [0.4, 0.5) is 5.82 Å². The number of nitrogens with zero attached hydrogens (tertiary/aromatic N) is 3. The number of aromatic nitrogens is 1. The van der Waals surface area contributed by atoms with Crippen molar-refractivity contribution in [1.82, 2.24) is 4.98 Å². The van der Waals surface area contributed by atoms with E-state index in [9.17, 15) is 0 Å². The zero-order valence-corrected chi connectivity index (χ0v) is 11.4. The molecule has 0 spiro atoms. The Morgan fingerprint density at radius 1 is 1.20 bits per heavy atom. The molecule has 0 aliphatic heterocycles. The molecule has 20 heavy (non-hydrogen) atoms. The predicted octanol–water partition coefficient (Wildman–Crippen LogP) is 3.19. The molecule has 0 N–H and O–H groups in total. The van der Waals surface area contributed by atoms with E-state index < -0.39 is 0 Å². The van der Waals surface area contributed by atoms with Crippen LogP contribution in [0.2, 0.25) is 0 Å². The number of pyridine rings is 1. The molecule has 1 aromatic heterocycles. The average molecular weight is 263 g/mol. The summed E-state index contributed by atoms with van der Waals surface area (Å²) in [6.45, 7) is 5.40. The smallest absolute Gasteiger partial charge is 0.128 e. The minimum atomic E-state index is 0.579. The molecule has 0 aliphatic carbocycles. The first kappa shape index (κ1) is 13.8. The third-order valence-corrected chi connectivity index (χ3v) is 3.06. The fourth-order valence-electron chi connectivity index (χ4n) is 2.00. The van der Waals surface area contributed by atoms with Crippen LogP contribution >= 0.6 is 0 Å². The molecule has 0 radical (unpaired) electrons. The number of anilines is 1. The van der Waals surface area contributed by atoms with Crippen molar-refractivity contribution in [1.29, 1.82) is 5.26 Å². The second kappa shape index (κ2) is 7.10. The Balaban J connectivity index is 2.06. The molecule has 100 valence electrons. The van der Waals surface area contributed by atoms with Gasteiger partial charge in [0, 0.05) is 19.3 Å². The maximum Gasteiger partial charge on any atom is 0.128 e. The highest BCUT2D eigenvalue weighted by atomic mass is 15.2. The predicted molar refractivity (Wildman–Crippen MR) is 81.5 cm³/mol. The summed E-state index contributed by atoms with van der Waals surface area (Å²) in [5.41, 5.74) is 1.88. The van der Waals surface area contributed by atoms with Gasteiger partial charge < -0.3 is 4.90 Å². The first-order valence-electron chi connectivity index (χ1n) is 6.59. The molecule has 1 aromatic carbocycles. The Morgan fingerprint density at radius 2 is 2.00 bits per heavy atom. The van der Waals surface area contributed by atoms with E-state index in [0.29, 0.717) is 5.56 Å². The van der Waals surface area contributed by atoms with E-state index in [2.05, 4.69) is 34.7 Å². The standard InChI is InChI=1S/C17H17N3/c1-2-11-20(12-10-15-6-4-3-5-7-15)17-9-8-16(13-18)14-19-17/h2-9,14H,1,10-12H2. The molecule has 0 fully saturated rings. The first-order valence-corrected chi connectivity index (χ1v) is 6.59. The van der Waals surface area contributed by atoms with Gasteiger partial charge in [-0.1, -0.05) is 36.4 Å². The van der Waals surface area contributed by atoms with Crippen molar-refractivity contribution in [2.75, 3.05) is 18.0 Å². The van der Waals surface area contributed by atoms with E-state index in [-0.39, 0.29) is 0 Å². The van der Waals surface area contributed by atoms with Crippen molar-refractivity contribution in [3.05, 3.63) is 72.4 Å². The van der Waals surface area contributed by atoms with Gasteiger partial charge in [0.05, 0.1) is 5.56 Å². The van der Waals surface area contributed by atoms with E-state index >= 15 is 0 Å². The van der Waals surface area contributed by atoms with Crippen LogP contribution in [0.5, 0.6) is 0 Å².